The summed E-state index contributed by atoms with van der Waals surface area (Å²) in [5.41, 5.74) is 2.76. The van der Waals surface area contributed by atoms with Crippen molar-refractivity contribution in [1.29, 1.82) is 0 Å². The van der Waals surface area contributed by atoms with Gasteiger partial charge in [0.25, 0.3) is 10.0 Å². The fourth-order valence-corrected chi connectivity index (χ4v) is 5.32. The Morgan fingerprint density at radius 2 is 1.78 bits per heavy atom. The van der Waals surface area contributed by atoms with E-state index in [4.69, 9.17) is 0 Å². The van der Waals surface area contributed by atoms with E-state index in [9.17, 15) is 13.2 Å². The van der Waals surface area contributed by atoms with E-state index in [-0.39, 0.29) is 17.0 Å². The number of anilines is 2. The van der Waals surface area contributed by atoms with Crippen molar-refractivity contribution in [1.82, 2.24) is 20.5 Å². The summed E-state index contributed by atoms with van der Waals surface area (Å²) >= 11 is 0. The highest BCUT2D eigenvalue weighted by Crippen LogP contribution is 2.21. The van der Waals surface area contributed by atoms with Gasteiger partial charge in [-0.15, -0.1) is 0 Å². The molecule has 9 nitrogen and oxygen atoms in total. The van der Waals surface area contributed by atoms with Crippen LogP contribution in [0.2, 0.25) is 0 Å². The summed E-state index contributed by atoms with van der Waals surface area (Å²) in [4.78, 5) is 18.8. The first-order valence-corrected chi connectivity index (χ1v) is 14.0. The van der Waals surface area contributed by atoms with Crippen LogP contribution >= 0.6 is 0 Å². The van der Waals surface area contributed by atoms with Gasteiger partial charge in [0.2, 0.25) is 0 Å². The van der Waals surface area contributed by atoms with Crippen LogP contribution in [0.1, 0.15) is 36.9 Å². The van der Waals surface area contributed by atoms with Crippen LogP contribution in [0.25, 0.3) is 0 Å². The predicted molar refractivity (Wildman–Crippen MR) is 146 cm³/mol. The number of carbonyl (C=O) groups excluding carboxylic acids is 1. The van der Waals surface area contributed by atoms with Crippen molar-refractivity contribution in [3.63, 3.8) is 0 Å². The maximum atomic E-state index is 13.0. The molecule has 4 rings (SSSR count). The summed E-state index contributed by atoms with van der Waals surface area (Å²) in [5, 5.41) is 8.98. The lowest BCUT2D eigenvalue weighted by atomic mass is 10.1. The van der Waals surface area contributed by atoms with E-state index >= 15 is 0 Å². The highest BCUT2D eigenvalue weighted by atomic mass is 32.2. The lowest BCUT2D eigenvalue weighted by Crippen LogP contribution is -2.31. The summed E-state index contributed by atoms with van der Waals surface area (Å²) in [5.74, 6) is 0. The number of pyridine rings is 1. The lowest BCUT2D eigenvalue weighted by Gasteiger charge is -2.19. The standard InChI is InChI=1S/C27H34N6O3S/c1-21(29-14-17-33-15-2-3-16-33)23-7-4-8-26(18-23)37(35,36)32-25-11-9-24(10-12-25)31-27(34)30-20-22-6-5-13-28-19-22/h4-13,18-19,21,29,32H,2-3,14-17,20H2,1H3,(H2,30,31,34). The van der Waals surface area contributed by atoms with Crippen LogP contribution < -0.4 is 20.7 Å². The highest BCUT2D eigenvalue weighted by Gasteiger charge is 2.17. The molecule has 1 fully saturated rings. The minimum absolute atomic E-state index is 0.0346. The Hall–Kier alpha value is -3.47. The van der Waals surface area contributed by atoms with Gasteiger partial charge in [0.1, 0.15) is 0 Å². The molecule has 1 aliphatic rings. The summed E-state index contributed by atoms with van der Waals surface area (Å²) in [6.07, 6.45) is 5.89. The lowest BCUT2D eigenvalue weighted by molar-refractivity contribution is 0.251. The van der Waals surface area contributed by atoms with Crippen molar-refractivity contribution in [2.24, 2.45) is 0 Å². The second-order valence-corrected chi connectivity index (χ2v) is 10.8. The molecule has 2 aromatic carbocycles. The van der Waals surface area contributed by atoms with Crippen molar-refractivity contribution in [3.05, 3.63) is 84.2 Å². The van der Waals surface area contributed by atoms with E-state index in [1.54, 1.807) is 60.9 Å². The van der Waals surface area contributed by atoms with Gasteiger partial charge in [-0.3, -0.25) is 9.71 Å². The van der Waals surface area contributed by atoms with Crippen LogP contribution in [0.3, 0.4) is 0 Å². The molecule has 10 heteroatoms. The molecular weight excluding hydrogens is 488 g/mol. The third-order valence-corrected chi connectivity index (χ3v) is 7.70. The van der Waals surface area contributed by atoms with Gasteiger partial charge in [-0.1, -0.05) is 18.2 Å². The monoisotopic (exact) mass is 522 g/mol. The quantitative estimate of drug-likeness (QED) is 0.303. The third-order valence-electron chi connectivity index (χ3n) is 6.32. The van der Waals surface area contributed by atoms with Gasteiger partial charge in [-0.25, -0.2) is 13.2 Å². The topological polar surface area (TPSA) is 115 Å². The van der Waals surface area contributed by atoms with Gasteiger partial charge < -0.3 is 20.9 Å². The van der Waals surface area contributed by atoms with Crippen molar-refractivity contribution < 1.29 is 13.2 Å². The van der Waals surface area contributed by atoms with Gasteiger partial charge in [0.15, 0.2) is 0 Å². The first kappa shape index (κ1) is 26.6. The maximum Gasteiger partial charge on any atom is 0.319 e. The molecule has 2 heterocycles. The van der Waals surface area contributed by atoms with Crippen LogP contribution in [0.4, 0.5) is 16.2 Å². The molecule has 0 saturated carbocycles. The number of carbonyl (C=O) groups is 1. The second-order valence-electron chi connectivity index (χ2n) is 9.15. The molecule has 3 aromatic rings. The number of hydrogen-bond acceptors (Lipinski definition) is 6. The largest absolute Gasteiger partial charge is 0.334 e. The van der Waals surface area contributed by atoms with Gasteiger partial charge in [0.05, 0.1) is 4.90 Å². The first-order valence-electron chi connectivity index (χ1n) is 12.5. The number of nitrogens with zero attached hydrogens (tertiary/aromatic N) is 2. The highest BCUT2D eigenvalue weighted by molar-refractivity contribution is 7.92. The Labute approximate surface area is 218 Å². The van der Waals surface area contributed by atoms with E-state index in [0.29, 0.717) is 17.9 Å². The van der Waals surface area contributed by atoms with E-state index in [1.165, 1.54) is 12.8 Å². The number of nitrogens with one attached hydrogen (secondary N) is 4. The van der Waals surface area contributed by atoms with Crippen LogP contribution in [-0.2, 0) is 16.6 Å². The molecule has 0 radical (unpaired) electrons. The van der Waals surface area contributed by atoms with Gasteiger partial charge in [-0.2, -0.15) is 0 Å². The number of urea groups is 1. The number of likely N-dealkylation sites (tertiary alicyclic amines) is 1. The van der Waals surface area contributed by atoms with Crippen LogP contribution in [0.15, 0.2) is 78.0 Å². The van der Waals surface area contributed by atoms with E-state index in [0.717, 1.165) is 37.3 Å². The first-order chi connectivity index (χ1) is 17.9. The predicted octanol–water partition coefficient (Wildman–Crippen LogP) is 3.95. The number of amides is 2. The summed E-state index contributed by atoms with van der Waals surface area (Å²) in [6.45, 7) is 6.57. The molecule has 0 bridgehead atoms. The summed E-state index contributed by atoms with van der Waals surface area (Å²) < 4.78 is 28.7. The molecule has 1 atom stereocenters. The fraction of sp³-hybridized carbons (Fsp3) is 0.333. The Morgan fingerprint density at radius 1 is 1.03 bits per heavy atom. The molecule has 0 aliphatic carbocycles. The zero-order chi connectivity index (χ0) is 26.1. The van der Waals surface area contributed by atoms with E-state index in [2.05, 4.69) is 30.6 Å². The molecule has 0 spiro atoms. The average Bonchev–Trinajstić information content (AvgIpc) is 3.43. The Kier molecular flexibility index (Phi) is 9.10. The number of rotatable bonds is 11. The zero-order valence-electron chi connectivity index (χ0n) is 21.0. The zero-order valence-corrected chi connectivity index (χ0v) is 21.8. The molecule has 1 unspecified atom stereocenters. The molecular formula is C27H34N6O3S. The smallest absolute Gasteiger partial charge is 0.319 e. The number of aromatic nitrogens is 1. The molecule has 4 N–H and O–H groups in total. The second kappa shape index (κ2) is 12.7. The van der Waals surface area contributed by atoms with Crippen LogP contribution in [-0.4, -0.2) is 50.5 Å². The fourth-order valence-electron chi connectivity index (χ4n) is 4.21. The minimum Gasteiger partial charge on any atom is -0.334 e. The normalized spacial score (nSPS) is 14.7. The third kappa shape index (κ3) is 8.01. The molecule has 1 saturated heterocycles. The van der Waals surface area contributed by atoms with Crippen molar-refractivity contribution in [2.45, 2.75) is 37.2 Å². The number of hydrogen-bond donors (Lipinski definition) is 4. The van der Waals surface area contributed by atoms with Gasteiger partial charge in [-0.05, 0) is 86.4 Å². The van der Waals surface area contributed by atoms with E-state index in [1.807, 2.05) is 19.1 Å². The average molecular weight is 523 g/mol. The minimum atomic E-state index is -3.77. The Balaban J connectivity index is 1.29. The van der Waals surface area contributed by atoms with Crippen molar-refractivity contribution >= 4 is 27.4 Å². The Bertz CT molecular complexity index is 1260. The molecule has 1 aromatic heterocycles. The number of sulfonamides is 1. The Morgan fingerprint density at radius 3 is 2.51 bits per heavy atom. The molecule has 37 heavy (non-hydrogen) atoms. The summed E-state index contributed by atoms with van der Waals surface area (Å²) in [6, 6.07) is 16.9. The van der Waals surface area contributed by atoms with Gasteiger partial charge >= 0.3 is 6.03 Å². The van der Waals surface area contributed by atoms with Crippen LogP contribution in [0.5, 0.6) is 0 Å². The maximum absolute atomic E-state index is 13.0. The molecule has 2 amide bonds. The summed E-state index contributed by atoms with van der Waals surface area (Å²) in [7, 11) is -3.77. The van der Waals surface area contributed by atoms with Crippen molar-refractivity contribution in [3.8, 4) is 0 Å². The SMILES string of the molecule is CC(NCCN1CCCC1)c1cccc(S(=O)(=O)Nc2ccc(NC(=O)NCc3cccnc3)cc2)c1. The van der Waals surface area contributed by atoms with Crippen molar-refractivity contribution in [2.75, 3.05) is 36.2 Å². The van der Waals surface area contributed by atoms with Gasteiger partial charge in [0, 0.05) is 49.4 Å². The molecule has 1 aliphatic heterocycles. The van der Waals surface area contributed by atoms with E-state index < -0.39 is 10.0 Å². The molecule has 196 valence electrons. The van der Waals surface area contributed by atoms with Crippen LogP contribution in [0, 0.1) is 0 Å². The number of benzene rings is 2.